The Kier molecular flexibility index (Phi) is 7.32. The molecule has 0 unspecified atom stereocenters. The molecule has 0 bridgehead atoms. The van der Waals surface area contributed by atoms with Crippen LogP contribution in [0.5, 0.6) is 0 Å². The Labute approximate surface area is 126 Å². The third kappa shape index (κ3) is 6.43. The van der Waals surface area contributed by atoms with Gasteiger partial charge >= 0.3 is 11.9 Å². The zero-order valence-electron chi connectivity index (χ0n) is 13.4. The summed E-state index contributed by atoms with van der Waals surface area (Å²) in [5, 5.41) is 0. The quantitative estimate of drug-likeness (QED) is 0.660. The Bertz CT molecular complexity index is 469. The van der Waals surface area contributed by atoms with Gasteiger partial charge in [0.25, 0.3) is 0 Å². The molecular weight excluding hydrogens is 298 g/mol. The van der Waals surface area contributed by atoms with Crippen LogP contribution in [0.1, 0.15) is 34.6 Å². The molecule has 7 nitrogen and oxygen atoms in total. The predicted molar refractivity (Wildman–Crippen MR) is 78.0 cm³/mol. The first-order valence-electron chi connectivity index (χ1n) is 6.72. The van der Waals surface area contributed by atoms with E-state index in [1.807, 2.05) is 0 Å². The zero-order chi connectivity index (χ0) is 16.8. The van der Waals surface area contributed by atoms with E-state index >= 15 is 0 Å². The summed E-state index contributed by atoms with van der Waals surface area (Å²) in [6, 6.07) is -0.988. The summed E-state index contributed by atoms with van der Waals surface area (Å²) in [5.74, 6) is -2.02. The van der Waals surface area contributed by atoms with Gasteiger partial charge in [0, 0.05) is 0 Å². The topological polar surface area (TPSA) is 98.8 Å². The number of rotatable bonds is 8. The van der Waals surface area contributed by atoms with Gasteiger partial charge in [-0.1, -0.05) is 13.8 Å². The van der Waals surface area contributed by atoms with Crippen molar-refractivity contribution in [1.82, 2.24) is 4.72 Å². The standard InChI is InChI=1S/C13H25NO6S/c1-7-20-12(16)13(4,5)8-21(17,18)14-10(9(2)3)11(15)19-6/h9-10,14H,7-8H2,1-6H3/t10-/m0/s1. The Hall–Kier alpha value is -1.15. The summed E-state index contributed by atoms with van der Waals surface area (Å²) >= 11 is 0. The van der Waals surface area contributed by atoms with Gasteiger partial charge in [-0.25, -0.2) is 13.1 Å². The minimum Gasteiger partial charge on any atom is -0.468 e. The van der Waals surface area contributed by atoms with E-state index in [-0.39, 0.29) is 12.5 Å². The van der Waals surface area contributed by atoms with Gasteiger partial charge in [0.1, 0.15) is 6.04 Å². The highest BCUT2D eigenvalue weighted by Crippen LogP contribution is 2.20. The Morgan fingerprint density at radius 3 is 2.14 bits per heavy atom. The van der Waals surface area contributed by atoms with E-state index in [1.54, 1.807) is 20.8 Å². The molecule has 0 aliphatic rings. The molecule has 0 amide bonds. The molecule has 0 saturated carbocycles. The number of hydrogen-bond acceptors (Lipinski definition) is 6. The van der Waals surface area contributed by atoms with E-state index in [2.05, 4.69) is 9.46 Å². The molecule has 21 heavy (non-hydrogen) atoms. The summed E-state index contributed by atoms with van der Waals surface area (Å²) in [6.07, 6.45) is 0. The van der Waals surface area contributed by atoms with E-state index < -0.39 is 39.2 Å². The number of methoxy groups -OCH3 is 1. The van der Waals surface area contributed by atoms with Crippen molar-refractivity contribution in [2.45, 2.75) is 40.7 Å². The molecule has 0 fully saturated rings. The van der Waals surface area contributed by atoms with Crippen LogP contribution in [-0.2, 0) is 29.1 Å². The number of ether oxygens (including phenoxy) is 2. The van der Waals surface area contributed by atoms with Crippen LogP contribution in [0.25, 0.3) is 0 Å². The summed E-state index contributed by atoms with van der Waals surface area (Å²) in [6.45, 7) is 8.17. The van der Waals surface area contributed by atoms with Gasteiger partial charge in [-0.15, -0.1) is 0 Å². The summed E-state index contributed by atoms with van der Waals surface area (Å²) in [7, 11) is -2.66. The second kappa shape index (κ2) is 7.74. The van der Waals surface area contributed by atoms with Crippen LogP contribution < -0.4 is 4.72 Å². The minimum absolute atomic E-state index is 0.173. The molecule has 0 heterocycles. The van der Waals surface area contributed by atoms with Gasteiger partial charge in [0.05, 0.1) is 24.9 Å². The molecule has 0 aromatic heterocycles. The van der Waals surface area contributed by atoms with E-state index in [0.29, 0.717) is 0 Å². The normalized spacial score (nSPS) is 13.9. The first-order valence-corrected chi connectivity index (χ1v) is 8.37. The maximum absolute atomic E-state index is 12.2. The van der Waals surface area contributed by atoms with Crippen molar-refractivity contribution in [1.29, 1.82) is 0 Å². The fraction of sp³-hybridized carbons (Fsp3) is 0.846. The molecule has 8 heteroatoms. The third-order valence-electron chi connectivity index (χ3n) is 2.81. The summed E-state index contributed by atoms with van der Waals surface area (Å²) in [5.41, 5.74) is -1.21. The molecule has 0 spiro atoms. The van der Waals surface area contributed by atoms with Crippen LogP contribution in [0.3, 0.4) is 0 Å². The average Bonchev–Trinajstić information content (AvgIpc) is 2.33. The van der Waals surface area contributed by atoms with Crippen molar-refractivity contribution in [3.63, 3.8) is 0 Å². The van der Waals surface area contributed by atoms with E-state index in [4.69, 9.17) is 4.74 Å². The number of esters is 2. The Morgan fingerprint density at radius 1 is 1.24 bits per heavy atom. The first kappa shape index (κ1) is 19.9. The molecule has 0 radical (unpaired) electrons. The lowest BCUT2D eigenvalue weighted by molar-refractivity contribution is -0.152. The van der Waals surface area contributed by atoms with Crippen LogP contribution in [0, 0.1) is 11.3 Å². The molecule has 0 aromatic rings. The second-order valence-corrected chi connectivity index (χ2v) is 7.48. The van der Waals surface area contributed by atoms with Gasteiger partial charge < -0.3 is 9.47 Å². The average molecular weight is 323 g/mol. The van der Waals surface area contributed by atoms with Gasteiger partial charge in [-0.2, -0.15) is 0 Å². The molecule has 124 valence electrons. The maximum Gasteiger partial charge on any atom is 0.324 e. The molecular formula is C13H25NO6S. The molecule has 0 aliphatic heterocycles. The highest BCUT2D eigenvalue weighted by atomic mass is 32.2. The van der Waals surface area contributed by atoms with Gasteiger partial charge in [-0.3, -0.25) is 9.59 Å². The number of nitrogens with one attached hydrogen (secondary N) is 1. The van der Waals surface area contributed by atoms with Crippen LogP contribution in [0.15, 0.2) is 0 Å². The molecule has 0 aromatic carbocycles. The van der Waals surface area contributed by atoms with Crippen molar-refractivity contribution < 1.29 is 27.5 Å². The van der Waals surface area contributed by atoms with Crippen LogP contribution in [-0.4, -0.2) is 45.9 Å². The fourth-order valence-electron chi connectivity index (χ4n) is 1.68. The minimum atomic E-state index is -3.85. The lowest BCUT2D eigenvalue weighted by atomic mass is 9.97. The monoisotopic (exact) mass is 323 g/mol. The van der Waals surface area contributed by atoms with E-state index in [0.717, 1.165) is 0 Å². The smallest absolute Gasteiger partial charge is 0.324 e. The van der Waals surface area contributed by atoms with Crippen LogP contribution in [0.4, 0.5) is 0 Å². The van der Waals surface area contributed by atoms with Crippen molar-refractivity contribution >= 4 is 22.0 Å². The van der Waals surface area contributed by atoms with Crippen LogP contribution >= 0.6 is 0 Å². The second-order valence-electron chi connectivity index (χ2n) is 5.73. The summed E-state index contributed by atoms with van der Waals surface area (Å²) < 4.78 is 36.0. The van der Waals surface area contributed by atoms with Gasteiger partial charge in [0.2, 0.25) is 10.0 Å². The van der Waals surface area contributed by atoms with Gasteiger partial charge in [-0.05, 0) is 26.7 Å². The largest absolute Gasteiger partial charge is 0.468 e. The number of sulfonamides is 1. The fourth-order valence-corrected chi connectivity index (χ4v) is 3.59. The van der Waals surface area contributed by atoms with Gasteiger partial charge in [0.15, 0.2) is 0 Å². The van der Waals surface area contributed by atoms with Crippen molar-refractivity contribution in [2.75, 3.05) is 19.5 Å². The van der Waals surface area contributed by atoms with E-state index in [1.165, 1.54) is 21.0 Å². The summed E-state index contributed by atoms with van der Waals surface area (Å²) in [4.78, 5) is 23.3. The molecule has 0 saturated heterocycles. The molecule has 0 rings (SSSR count). The Morgan fingerprint density at radius 2 is 1.76 bits per heavy atom. The molecule has 0 aliphatic carbocycles. The number of hydrogen-bond donors (Lipinski definition) is 1. The first-order chi connectivity index (χ1) is 9.46. The third-order valence-corrected chi connectivity index (χ3v) is 4.52. The molecule has 1 N–H and O–H groups in total. The maximum atomic E-state index is 12.2. The van der Waals surface area contributed by atoms with Crippen molar-refractivity contribution in [3.8, 4) is 0 Å². The predicted octanol–water partition coefficient (Wildman–Crippen LogP) is 0.693. The zero-order valence-corrected chi connectivity index (χ0v) is 14.2. The lowest BCUT2D eigenvalue weighted by Crippen LogP contribution is -2.48. The highest BCUT2D eigenvalue weighted by Gasteiger charge is 2.37. The van der Waals surface area contributed by atoms with Crippen molar-refractivity contribution in [3.05, 3.63) is 0 Å². The number of carbonyl (C=O) groups excluding carboxylic acids is 2. The van der Waals surface area contributed by atoms with E-state index in [9.17, 15) is 18.0 Å². The van der Waals surface area contributed by atoms with Crippen molar-refractivity contribution in [2.24, 2.45) is 11.3 Å². The lowest BCUT2D eigenvalue weighted by Gasteiger charge is -2.25. The SMILES string of the molecule is CCOC(=O)C(C)(C)CS(=O)(=O)N[C@H](C(=O)OC)C(C)C. The number of carbonyl (C=O) groups is 2. The molecule has 1 atom stereocenters. The highest BCUT2D eigenvalue weighted by molar-refractivity contribution is 7.89. The van der Waals surface area contributed by atoms with Crippen LogP contribution in [0.2, 0.25) is 0 Å². The Balaban J connectivity index is 5.06.